The van der Waals surface area contributed by atoms with Gasteiger partial charge in [-0.1, -0.05) is 45.9 Å². The molecule has 0 aliphatic carbocycles. The van der Waals surface area contributed by atoms with Crippen molar-refractivity contribution in [3.63, 3.8) is 0 Å². The first kappa shape index (κ1) is 18.5. The van der Waals surface area contributed by atoms with Gasteiger partial charge in [0.25, 0.3) is 0 Å². The van der Waals surface area contributed by atoms with Gasteiger partial charge in [-0.2, -0.15) is 0 Å². The SMILES string of the molecule is COc1ccccc1C(C)CC(=O)NC(CCO)C(C)(C)C. The summed E-state index contributed by atoms with van der Waals surface area (Å²) in [6.07, 6.45) is 0.969. The zero-order valence-corrected chi connectivity index (χ0v) is 14.3. The van der Waals surface area contributed by atoms with Gasteiger partial charge in [0.15, 0.2) is 0 Å². The van der Waals surface area contributed by atoms with E-state index < -0.39 is 0 Å². The predicted octanol–water partition coefficient (Wildman–Crippen LogP) is 3.10. The van der Waals surface area contributed by atoms with Crippen LogP contribution in [0.25, 0.3) is 0 Å². The molecular weight excluding hydrogens is 278 g/mol. The van der Waals surface area contributed by atoms with Crippen LogP contribution in [0.5, 0.6) is 5.75 Å². The average molecular weight is 307 g/mol. The molecule has 4 heteroatoms. The fraction of sp³-hybridized carbons (Fsp3) is 0.611. The molecule has 1 aromatic rings. The molecule has 1 amide bonds. The van der Waals surface area contributed by atoms with E-state index >= 15 is 0 Å². The number of methoxy groups -OCH3 is 1. The zero-order chi connectivity index (χ0) is 16.8. The van der Waals surface area contributed by atoms with Crippen LogP contribution in [0, 0.1) is 5.41 Å². The predicted molar refractivity (Wildman–Crippen MR) is 89.1 cm³/mol. The van der Waals surface area contributed by atoms with Crippen molar-refractivity contribution in [2.75, 3.05) is 13.7 Å². The number of ether oxygens (including phenoxy) is 1. The zero-order valence-electron chi connectivity index (χ0n) is 14.3. The Morgan fingerprint density at radius 3 is 2.50 bits per heavy atom. The normalized spacial score (nSPS) is 14.3. The Balaban J connectivity index is 2.71. The Morgan fingerprint density at radius 1 is 1.32 bits per heavy atom. The number of aliphatic hydroxyl groups excluding tert-OH is 1. The molecule has 0 fully saturated rings. The lowest BCUT2D eigenvalue weighted by atomic mass is 9.84. The maximum absolute atomic E-state index is 12.3. The topological polar surface area (TPSA) is 58.6 Å². The molecule has 124 valence electrons. The van der Waals surface area contributed by atoms with Crippen molar-refractivity contribution >= 4 is 5.91 Å². The van der Waals surface area contributed by atoms with Crippen molar-refractivity contribution in [1.82, 2.24) is 5.32 Å². The van der Waals surface area contributed by atoms with Crippen molar-refractivity contribution in [3.05, 3.63) is 29.8 Å². The summed E-state index contributed by atoms with van der Waals surface area (Å²) in [6.45, 7) is 8.30. The Morgan fingerprint density at radius 2 is 1.95 bits per heavy atom. The van der Waals surface area contributed by atoms with E-state index in [0.29, 0.717) is 12.8 Å². The molecule has 0 aliphatic heterocycles. The Bertz CT molecular complexity index is 479. The number of amides is 1. The number of aliphatic hydroxyl groups is 1. The minimum absolute atomic E-state index is 0.00628. The summed E-state index contributed by atoms with van der Waals surface area (Å²) in [7, 11) is 1.64. The summed E-state index contributed by atoms with van der Waals surface area (Å²) in [6, 6.07) is 7.75. The molecule has 1 aromatic carbocycles. The molecule has 0 heterocycles. The van der Waals surface area contributed by atoms with E-state index in [0.717, 1.165) is 11.3 Å². The summed E-state index contributed by atoms with van der Waals surface area (Å²) in [5, 5.41) is 12.2. The van der Waals surface area contributed by atoms with E-state index in [1.165, 1.54) is 0 Å². The highest BCUT2D eigenvalue weighted by atomic mass is 16.5. The second-order valence-electron chi connectivity index (χ2n) is 6.85. The Kier molecular flexibility index (Phi) is 6.88. The third-order valence-corrected chi connectivity index (χ3v) is 3.96. The van der Waals surface area contributed by atoms with Crippen molar-refractivity contribution in [1.29, 1.82) is 0 Å². The van der Waals surface area contributed by atoms with Crippen molar-refractivity contribution < 1.29 is 14.6 Å². The Labute approximate surface area is 133 Å². The molecule has 0 aromatic heterocycles. The van der Waals surface area contributed by atoms with Gasteiger partial charge in [-0.25, -0.2) is 0 Å². The first-order chi connectivity index (χ1) is 10.3. The summed E-state index contributed by atoms with van der Waals surface area (Å²) in [5.74, 6) is 0.892. The van der Waals surface area contributed by atoms with Gasteiger partial charge < -0.3 is 15.2 Å². The number of nitrogens with one attached hydrogen (secondary N) is 1. The first-order valence-electron chi connectivity index (χ1n) is 7.82. The third kappa shape index (κ3) is 5.34. The van der Waals surface area contributed by atoms with Crippen molar-refractivity contribution in [3.8, 4) is 5.75 Å². The number of rotatable bonds is 7. The van der Waals surface area contributed by atoms with E-state index in [1.54, 1.807) is 7.11 Å². The number of carbonyl (C=O) groups excluding carboxylic acids is 1. The molecule has 2 unspecified atom stereocenters. The number of para-hydroxylation sites is 1. The second-order valence-corrected chi connectivity index (χ2v) is 6.85. The van der Waals surface area contributed by atoms with Crippen LogP contribution in [0.3, 0.4) is 0 Å². The minimum atomic E-state index is -0.0773. The molecule has 2 N–H and O–H groups in total. The number of benzene rings is 1. The van der Waals surface area contributed by atoms with Crippen LogP contribution < -0.4 is 10.1 Å². The molecule has 1 rings (SSSR count). The standard InChI is InChI=1S/C18H29NO3/c1-13(14-8-6-7-9-15(14)22-5)12-17(21)19-16(10-11-20)18(2,3)4/h6-9,13,16,20H,10-12H2,1-5H3,(H,19,21). The highest BCUT2D eigenvalue weighted by molar-refractivity contribution is 5.77. The van der Waals surface area contributed by atoms with Gasteiger partial charge in [-0.15, -0.1) is 0 Å². The quantitative estimate of drug-likeness (QED) is 0.814. The molecule has 0 spiro atoms. The molecule has 2 atom stereocenters. The molecule has 4 nitrogen and oxygen atoms in total. The number of hydrogen-bond acceptors (Lipinski definition) is 3. The van der Waals surface area contributed by atoms with Gasteiger partial charge in [0.05, 0.1) is 7.11 Å². The third-order valence-electron chi connectivity index (χ3n) is 3.96. The first-order valence-corrected chi connectivity index (χ1v) is 7.82. The smallest absolute Gasteiger partial charge is 0.220 e. The van der Waals surface area contributed by atoms with E-state index in [4.69, 9.17) is 4.74 Å². The van der Waals surface area contributed by atoms with Gasteiger partial charge in [-0.3, -0.25) is 4.79 Å². The van der Waals surface area contributed by atoms with E-state index in [-0.39, 0.29) is 29.9 Å². The summed E-state index contributed by atoms with van der Waals surface area (Å²) < 4.78 is 5.36. The maximum atomic E-state index is 12.3. The summed E-state index contributed by atoms with van der Waals surface area (Å²) in [4.78, 5) is 12.3. The van der Waals surface area contributed by atoms with Crippen LogP contribution >= 0.6 is 0 Å². The lowest BCUT2D eigenvalue weighted by Gasteiger charge is -2.31. The summed E-state index contributed by atoms with van der Waals surface area (Å²) >= 11 is 0. The lowest BCUT2D eigenvalue weighted by molar-refractivity contribution is -0.123. The van der Waals surface area contributed by atoms with Gasteiger partial charge >= 0.3 is 0 Å². The maximum Gasteiger partial charge on any atom is 0.220 e. The lowest BCUT2D eigenvalue weighted by Crippen LogP contribution is -2.44. The molecule has 0 radical (unpaired) electrons. The van der Waals surface area contributed by atoms with E-state index in [9.17, 15) is 9.90 Å². The molecule has 22 heavy (non-hydrogen) atoms. The van der Waals surface area contributed by atoms with Crippen molar-refractivity contribution in [2.24, 2.45) is 5.41 Å². The Hall–Kier alpha value is -1.55. The van der Waals surface area contributed by atoms with Crippen LogP contribution in [0.4, 0.5) is 0 Å². The summed E-state index contributed by atoms with van der Waals surface area (Å²) in [5.41, 5.74) is 0.959. The van der Waals surface area contributed by atoms with Gasteiger partial charge in [0, 0.05) is 19.1 Å². The van der Waals surface area contributed by atoms with E-state index in [2.05, 4.69) is 26.1 Å². The highest BCUT2D eigenvalue weighted by Crippen LogP contribution is 2.29. The molecule has 0 saturated carbocycles. The molecule has 0 saturated heterocycles. The van der Waals surface area contributed by atoms with Crippen LogP contribution in [-0.4, -0.2) is 30.8 Å². The van der Waals surface area contributed by atoms with Gasteiger partial charge in [0.2, 0.25) is 5.91 Å². The monoisotopic (exact) mass is 307 g/mol. The largest absolute Gasteiger partial charge is 0.496 e. The van der Waals surface area contributed by atoms with Crippen LogP contribution in [0.2, 0.25) is 0 Å². The van der Waals surface area contributed by atoms with E-state index in [1.807, 2.05) is 31.2 Å². The highest BCUT2D eigenvalue weighted by Gasteiger charge is 2.26. The minimum Gasteiger partial charge on any atom is -0.496 e. The molecule has 0 bridgehead atoms. The van der Waals surface area contributed by atoms with Crippen LogP contribution in [-0.2, 0) is 4.79 Å². The fourth-order valence-electron chi connectivity index (χ4n) is 2.57. The van der Waals surface area contributed by atoms with Crippen LogP contribution in [0.1, 0.15) is 52.0 Å². The second kappa shape index (κ2) is 8.18. The number of hydrogen-bond donors (Lipinski definition) is 2. The number of carbonyl (C=O) groups is 1. The van der Waals surface area contributed by atoms with Gasteiger partial charge in [-0.05, 0) is 29.4 Å². The average Bonchev–Trinajstić information content (AvgIpc) is 2.45. The fourth-order valence-corrected chi connectivity index (χ4v) is 2.57. The van der Waals surface area contributed by atoms with Crippen molar-refractivity contribution in [2.45, 2.75) is 52.5 Å². The molecule has 0 aliphatic rings. The van der Waals surface area contributed by atoms with Gasteiger partial charge in [0.1, 0.15) is 5.75 Å². The molecular formula is C18H29NO3. The van der Waals surface area contributed by atoms with Crippen LogP contribution in [0.15, 0.2) is 24.3 Å².